The summed E-state index contributed by atoms with van der Waals surface area (Å²) in [5, 5.41) is 14.2. The summed E-state index contributed by atoms with van der Waals surface area (Å²) in [5.41, 5.74) is 2.18. The van der Waals surface area contributed by atoms with Gasteiger partial charge in [0, 0.05) is 18.4 Å². The van der Waals surface area contributed by atoms with Gasteiger partial charge in [-0.15, -0.1) is 0 Å². The first kappa shape index (κ1) is 13.9. The minimum absolute atomic E-state index is 0.0379. The maximum Gasteiger partial charge on any atom is 0.224 e. The summed E-state index contributed by atoms with van der Waals surface area (Å²) in [7, 11) is 0. The lowest BCUT2D eigenvalue weighted by Gasteiger charge is -2.27. The third kappa shape index (κ3) is 2.58. The molecule has 4 heteroatoms. The van der Waals surface area contributed by atoms with Crippen LogP contribution in [0.25, 0.3) is 0 Å². The molecule has 1 aromatic carbocycles. The molecule has 0 aromatic heterocycles. The van der Waals surface area contributed by atoms with Gasteiger partial charge in [0.05, 0.1) is 5.92 Å². The molecule has 0 spiro atoms. The van der Waals surface area contributed by atoms with Crippen LogP contribution in [0.15, 0.2) is 36.4 Å². The van der Waals surface area contributed by atoms with Crippen LogP contribution in [0.3, 0.4) is 0 Å². The van der Waals surface area contributed by atoms with Crippen molar-refractivity contribution < 1.29 is 14.7 Å². The topological polar surface area (TPSA) is 69.2 Å². The maximum absolute atomic E-state index is 12.4. The van der Waals surface area contributed by atoms with Crippen LogP contribution in [0.5, 0.6) is 0 Å². The van der Waals surface area contributed by atoms with Gasteiger partial charge >= 0.3 is 0 Å². The molecule has 1 aromatic rings. The van der Waals surface area contributed by atoms with E-state index in [4.69, 9.17) is 0 Å². The molecule has 0 unspecified atom stereocenters. The van der Waals surface area contributed by atoms with Gasteiger partial charge in [-0.05, 0) is 30.7 Å². The van der Waals surface area contributed by atoms with Gasteiger partial charge in [0.25, 0.3) is 0 Å². The molecule has 2 aliphatic carbocycles. The Hall–Kier alpha value is -2.10. The lowest BCUT2D eigenvalue weighted by molar-refractivity contribution is -0.313. The molecule has 0 radical (unpaired) electrons. The first-order chi connectivity index (χ1) is 10.1. The van der Waals surface area contributed by atoms with E-state index in [1.54, 1.807) is 0 Å². The minimum atomic E-state index is -1.11. The lowest BCUT2D eigenvalue weighted by Crippen LogP contribution is -2.44. The van der Waals surface area contributed by atoms with E-state index in [0.29, 0.717) is 6.54 Å². The fraction of sp³-hybridized carbons (Fsp3) is 0.412. The molecule has 1 saturated carbocycles. The third-order valence-corrected chi connectivity index (χ3v) is 4.62. The van der Waals surface area contributed by atoms with Gasteiger partial charge in [-0.2, -0.15) is 0 Å². The molecule has 21 heavy (non-hydrogen) atoms. The van der Waals surface area contributed by atoms with Gasteiger partial charge in [-0.25, -0.2) is 0 Å². The number of hydrogen-bond acceptors (Lipinski definition) is 3. The van der Waals surface area contributed by atoms with E-state index in [-0.39, 0.29) is 17.7 Å². The summed E-state index contributed by atoms with van der Waals surface area (Å²) < 4.78 is 0. The maximum atomic E-state index is 12.4. The van der Waals surface area contributed by atoms with Crippen LogP contribution in [-0.4, -0.2) is 11.9 Å². The Morgan fingerprint density at radius 1 is 1.14 bits per heavy atom. The van der Waals surface area contributed by atoms with Gasteiger partial charge in [0.1, 0.15) is 0 Å². The van der Waals surface area contributed by atoms with E-state index in [0.717, 1.165) is 12.0 Å². The Labute approximate surface area is 123 Å². The highest BCUT2D eigenvalue weighted by Crippen LogP contribution is 2.47. The SMILES string of the molecule is Cc1ccc(CNC(=O)[C@@H]2[C@@H](C(=O)[O-])[C@H]3C=C[C@@H]2C3)cc1. The molecule has 110 valence electrons. The molecule has 0 saturated heterocycles. The summed E-state index contributed by atoms with van der Waals surface area (Å²) in [4.78, 5) is 23.6. The zero-order valence-corrected chi connectivity index (χ0v) is 11.9. The summed E-state index contributed by atoms with van der Waals surface area (Å²) in [5.74, 6) is -2.47. The Bertz CT molecular complexity index is 591. The molecule has 0 aliphatic heterocycles. The van der Waals surface area contributed by atoms with Crippen molar-refractivity contribution in [3.8, 4) is 0 Å². The van der Waals surface area contributed by atoms with Crippen LogP contribution < -0.4 is 10.4 Å². The standard InChI is InChI=1S/C17H19NO3/c1-10-2-4-11(5-3-10)9-18-16(19)14-12-6-7-13(8-12)15(14)17(20)21/h2-7,12-15H,8-9H2,1H3,(H,18,19)(H,20,21)/p-1/t12-,13+,14+,15+/m1/s1. The Balaban J connectivity index is 1.66. The predicted octanol–water partition coefficient (Wildman–Crippen LogP) is 0.799. The Morgan fingerprint density at radius 2 is 1.76 bits per heavy atom. The van der Waals surface area contributed by atoms with E-state index in [2.05, 4.69) is 5.32 Å². The first-order valence-electron chi connectivity index (χ1n) is 7.28. The van der Waals surface area contributed by atoms with Crippen molar-refractivity contribution in [2.24, 2.45) is 23.7 Å². The fourth-order valence-corrected chi connectivity index (χ4v) is 3.51. The van der Waals surface area contributed by atoms with Crippen molar-refractivity contribution in [1.82, 2.24) is 5.32 Å². The highest BCUT2D eigenvalue weighted by molar-refractivity contribution is 5.86. The number of carboxylic acid groups (broad SMARTS) is 1. The first-order valence-corrected chi connectivity index (χ1v) is 7.28. The average molecular weight is 284 g/mol. The van der Waals surface area contributed by atoms with Gasteiger partial charge in [-0.3, -0.25) is 4.79 Å². The normalized spacial score (nSPS) is 29.6. The van der Waals surface area contributed by atoms with E-state index in [1.807, 2.05) is 43.3 Å². The molecule has 4 nitrogen and oxygen atoms in total. The molecule has 1 N–H and O–H groups in total. The summed E-state index contributed by atoms with van der Waals surface area (Å²) in [6.07, 6.45) is 4.64. The second kappa shape index (κ2) is 5.35. The zero-order chi connectivity index (χ0) is 15.0. The smallest absolute Gasteiger partial charge is 0.224 e. The number of allylic oxidation sites excluding steroid dienone is 2. The largest absolute Gasteiger partial charge is 0.550 e. The second-order valence-electron chi connectivity index (χ2n) is 6.02. The van der Waals surface area contributed by atoms with E-state index < -0.39 is 17.8 Å². The van der Waals surface area contributed by atoms with E-state index in [9.17, 15) is 14.7 Å². The minimum Gasteiger partial charge on any atom is -0.550 e. The molecular weight excluding hydrogens is 266 g/mol. The molecule has 0 heterocycles. The number of carbonyl (C=O) groups excluding carboxylic acids is 2. The van der Waals surface area contributed by atoms with Crippen LogP contribution in [0.1, 0.15) is 17.5 Å². The third-order valence-electron chi connectivity index (χ3n) is 4.62. The number of hydrogen-bond donors (Lipinski definition) is 1. The number of carboxylic acids is 1. The van der Waals surface area contributed by atoms with Gasteiger partial charge in [-0.1, -0.05) is 42.0 Å². The summed E-state index contributed by atoms with van der Waals surface area (Å²) >= 11 is 0. The van der Waals surface area contributed by atoms with Gasteiger partial charge in [0.15, 0.2) is 0 Å². The van der Waals surface area contributed by atoms with Crippen LogP contribution in [0.4, 0.5) is 0 Å². The number of aryl methyl sites for hydroxylation is 1. The van der Waals surface area contributed by atoms with Crippen molar-refractivity contribution in [3.63, 3.8) is 0 Å². The molecular formula is C17H18NO3-. The molecule has 2 aliphatic rings. The van der Waals surface area contributed by atoms with Crippen LogP contribution in [-0.2, 0) is 16.1 Å². The van der Waals surface area contributed by atoms with Crippen LogP contribution in [0.2, 0.25) is 0 Å². The molecule has 2 bridgehead atoms. The monoisotopic (exact) mass is 284 g/mol. The average Bonchev–Trinajstić information content (AvgIpc) is 3.06. The second-order valence-corrected chi connectivity index (χ2v) is 6.02. The number of carbonyl (C=O) groups is 2. The summed E-state index contributed by atoms with van der Waals surface area (Å²) in [6.45, 7) is 2.44. The van der Waals surface area contributed by atoms with Gasteiger partial charge in [0.2, 0.25) is 5.91 Å². The van der Waals surface area contributed by atoms with Crippen molar-refractivity contribution in [1.29, 1.82) is 0 Å². The fourth-order valence-electron chi connectivity index (χ4n) is 3.51. The molecule has 4 atom stereocenters. The zero-order valence-electron chi connectivity index (χ0n) is 11.9. The van der Waals surface area contributed by atoms with Gasteiger partial charge < -0.3 is 15.2 Å². The van der Waals surface area contributed by atoms with E-state index >= 15 is 0 Å². The number of amides is 1. The van der Waals surface area contributed by atoms with Crippen molar-refractivity contribution in [2.45, 2.75) is 19.9 Å². The highest BCUT2D eigenvalue weighted by atomic mass is 16.4. The Kier molecular flexibility index (Phi) is 3.53. The van der Waals surface area contributed by atoms with Crippen molar-refractivity contribution in [3.05, 3.63) is 47.5 Å². The van der Waals surface area contributed by atoms with E-state index in [1.165, 1.54) is 5.56 Å². The molecule has 3 rings (SSSR count). The van der Waals surface area contributed by atoms with Crippen LogP contribution >= 0.6 is 0 Å². The number of nitrogens with one attached hydrogen (secondary N) is 1. The quantitative estimate of drug-likeness (QED) is 0.831. The molecule has 1 amide bonds. The highest BCUT2D eigenvalue weighted by Gasteiger charge is 2.48. The van der Waals surface area contributed by atoms with Crippen molar-refractivity contribution >= 4 is 11.9 Å². The Morgan fingerprint density at radius 3 is 2.38 bits per heavy atom. The number of benzene rings is 1. The number of aliphatic carboxylic acids is 1. The van der Waals surface area contributed by atoms with Crippen LogP contribution in [0, 0.1) is 30.6 Å². The lowest BCUT2D eigenvalue weighted by atomic mass is 9.82. The van der Waals surface area contributed by atoms with Crippen molar-refractivity contribution in [2.75, 3.05) is 0 Å². The molecule has 1 fully saturated rings. The summed E-state index contributed by atoms with van der Waals surface area (Å²) in [6, 6.07) is 7.91. The number of rotatable bonds is 4. The number of fused-ring (bicyclic) bond motifs is 2. The predicted molar refractivity (Wildman–Crippen MR) is 75.7 cm³/mol.